The molecule has 3 nitrogen and oxygen atoms in total. The van der Waals surface area contributed by atoms with Crippen molar-refractivity contribution in [2.24, 2.45) is 5.92 Å². The smallest absolute Gasteiger partial charge is 0.325 e. The molecule has 0 amide bonds. The van der Waals surface area contributed by atoms with Crippen LogP contribution in [0.1, 0.15) is 19.4 Å². The van der Waals surface area contributed by atoms with Crippen LogP contribution in [0.25, 0.3) is 0 Å². The van der Waals surface area contributed by atoms with Gasteiger partial charge in [-0.2, -0.15) is 0 Å². The van der Waals surface area contributed by atoms with Crippen LogP contribution in [0.2, 0.25) is 0 Å². The van der Waals surface area contributed by atoms with E-state index in [0.29, 0.717) is 0 Å². The maximum atomic E-state index is 11.3. The SMILES string of the molecule is CC(C)[C@H]([NH])C(=O)OCc1ccccc1. The monoisotopic (exact) mass is 206 g/mol. The lowest BCUT2D eigenvalue weighted by Gasteiger charge is -2.13. The highest BCUT2D eigenvalue weighted by Crippen LogP contribution is 2.05. The molecule has 1 aromatic rings. The summed E-state index contributed by atoms with van der Waals surface area (Å²) in [6.45, 7) is 3.92. The van der Waals surface area contributed by atoms with Gasteiger partial charge in [-0.1, -0.05) is 44.2 Å². The van der Waals surface area contributed by atoms with Crippen molar-refractivity contribution in [3.8, 4) is 0 Å². The zero-order valence-electron chi connectivity index (χ0n) is 9.07. The van der Waals surface area contributed by atoms with E-state index in [4.69, 9.17) is 10.5 Å². The van der Waals surface area contributed by atoms with Crippen molar-refractivity contribution in [2.75, 3.05) is 0 Å². The van der Waals surface area contributed by atoms with E-state index in [1.807, 2.05) is 44.2 Å². The zero-order valence-corrected chi connectivity index (χ0v) is 9.07. The number of carbonyl (C=O) groups is 1. The fraction of sp³-hybridized carbons (Fsp3) is 0.417. The molecule has 0 aliphatic rings. The molecular weight excluding hydrogens is 190 g/mol. The Morgan fingerprint density at radius 2 is 1.93 bits per heavy atom. The molecule has 1 atom stereocenters. The molecule has 0 heterocycles. The van der Waals surface area contributed by atoms with Crippen molar-refractivity contribution in [3.63, 3.8) is 0 Å². The third-order valence-corrected chi connectivity index (χ3v) is 2.14. The first-order valence-electron chi connectivity index (χ1n) is 5.03. The molecule has 0 aromatic heterocycles. The molecule has 1 aromatic carbocycles. The van der Waals surface area contributed by atoms with E-state index in [2.05, 4.69) is 0 Å². The number of esters is 1. The summed E-state index contributed by atoms with van der Waals surface area (Å²) in [5.74, 6) is -0.456. The molecule has 1 N–H and O–H groups in total. The van der Waals surface area contributed by atoms with Crippen molar-refractivity contribution in [2.45, 2.75) is 26.5 Å². The molecule has 0 saturated heterocycles. The number of rotatable bonds is 4. The van der Waals surface area contributed by atoms with Crippen molar-refractivity contribution in [3.05, 3.63) is 35.9 Å². The first-order chi connectivity index (χ1) is 7.11. The van der Waals surface area contributed by atoms with Gasteiger partial charge in [0.05, 0.1) is 0 Å². The maximum Gasteiger partial charge on any atom is 0.325 e. The van der Waals surface area contributed by atoms with Gasteiger partial charge >= 0.3 is 5.97 Å². The van der Waals surface area contributed by atoms with Crippen molar-refractivity contribution < 1.29 is 9.53 Å². The van der Waals surface area contributed by atoms with Gasteiger partial charge in [0, 0.05) is 0 Å². The summed E-state index contributed by atoms with van der Waals surface area (Å²) in [4.78, 5) is 11.3. The molecule has 1 rings (SSSR count). The van der Waals surface area contributed by atoms with Crippen LogP contribution in [-0.4, -0.2) is 12.0 Å². The second-order valence-electron chi connectivity index (χ2n) is 3.81. The van der Waals surface area contributed by atoms with Gasteiger partial charge in [-0.25, -0.2) is 5.73 Å². The molecule has 1 radical (unpaired) electrons. The minimum absolute atomic E-state index is 0.00623. The predicted octanol–water partition coefficient (Wildman–Crippen LogP) is 2.04. The van der Waals surface area contributed by atoms with E-state index in [-0.39, 0.29) is 12.5 Å². The van der Waals surface area contributed by atoms with Crippen LogP contribution in [0.3, 0.4) is 0 Å². The largest absolute Gasteiger partial charge is 0.460 e. The molecule has 81 valence electrons. The Bertz CT molecular complexity index is 309. The summed E-state index contributed by atoms with van der Waals surface area (Å²) in [7, 11) is 0. The Kier molecular flexibility index (Phi) is 4.31. The molecule has 0 aliphatic carbocycles. The first kappa shape index (κ1) is 11.7. The Balaban J connectivity index is 2.41. The highest BCUT2D eigenvalue weighted by molar-refractivity contribution is 5.75. The highest BCUT2D eigenvalue weighted by atomic mass is 16.5. The summed E-state index contributed by atoms with van der Waals surface area (Å²) >= 11 is 0. The van der Waals surface area contributed by atoms with Gasteiger partial charge in [-0.3, -0.25) is 4.79 Å². The van der Waals surface area contributed by atoms with E-state index in [9.17, 15) is 4.79 Å². The zero-order chi connectivity index (χ0) is 11.3. The lowest BCUT2D eigenvalue weighted by molar-refractivity contribution is -0.147. The van der Waals surface area contributed by atoms with E-state index in [1.54, 1.807) is 0 Å². The Morgan fingerprint density at radius 3 is 2.47 bits per heavy atom. The lowest BCUT2D eigenvalue weighted by atomic mass is 10.1. The molecule has 0 unspecified atom stereocenters. The van der Waals surface area contributed by atoms with Crippen LogP contribution >= 0.6 is 0 Å². The minimum Gasteiger partial charge on any atom is -0.460 e. The third kappa shape index (κ3) is 3.72. The summed E-state index contributed by atoms with van der Waals surface area (Å²) < 4.78 is 5.02. The fourth-order valence-corrected chi connectivity index (χ4v) is 1.09. The Morgan fingerprint density at radius 1 is 1.33 bits per heavy atom. The molecule has 0 bridgehead atoms. The highest BCUT2D eigenvalue weighted by Gasteiger charge is 2.19. The number of ether oxygens (including phenoxy) is 1. The van der Waals surface area contributed by atoms with E-state index >= 15 is 0 Å². The summed E-state index contributed by atoms with van der Waals surface area (Å²) in [5.41, 5.74) is 8.47. The Labute approximate surface area is 90.2 Å². The van der Waals surface area contributed by atoms with Crippen molar-refractivity contribution >= 4 is 5.97 Å². The lowest BCUT2D eigenvalue weighted by Crippen LogP contribution is -2.29. The molecular formula is C12H16NO2. The quantitative estimate of drug-likeness (QED) is 0.708. The second-order valence-corrected chi connectivity index (χ2v) is 3.81. The number of benzene rings is 1. The van der Waals surface area contributed by atoms with Gasteiger partial charge < -0.3 is 4.74 Å². The predicted molar refractivity (Wildman–Crippen MR) is 58.0 cm³/mol. The van der Waals surface area contributed by atoms with Crippen LogP contribution in [-0.2, 0) is 16.1 Å². The summed E-state index contributed by atoms with van der Waals surface area (Å²) in [5, 5.41) is 0. The first-order valence-corrected chi connectivity index (χ1v) is 5.03. The van der Waals surface area contributed by atoms with Gasteiger partial charge in [0.25, 0.3) is 0 Å². The number of hydrogen-bond donors (Lipinski definition) is 0. The topological polar surface area (TPSA) is 50.1 Å². The van der Waals surface area contributed by atoms with E-state index in [1.165, 1.54) is 0 Å². The Hall–Kier alpha value is -1.35. The fourth-order valence-electron chi connectivity index (χ4n) is 1.09. The number of hydrogen-bond acceptors (Lipinski definition) is 2. The minimum atomic E-state index is -0.784. The molecule has 15 heavy (non-hydrogen) atoms. The van der Waals surface area contributed by atoms with E-state index < -0.39 is 12.0 Å². The van der Waals surface area contributed by atoms with Crippen LogP contribution in [0.4, 0.5) is 0 Å². The normalized spacial score (nSPS) is 12.5. The summed E-state index contributed by atoms with van der Waals surface area (Å²) in [6.07, 6.45) is 0. The standard InChI is InChI=1S/C12H16NO2/c1-9(2)11(13)12(14)15-8-10-6-4-3-5-7-10/h3-7,9,11,13H,8H2,1-2H3/t11-/m0/s1. The van der Waals surface area contributed by atoms with Crippen LogP contribution < -0.4 is 5.73 Å². The molecule has 0 fully saturated rings. The van der Waals surface area contributed by atoms with Gasteiger partial charge in [0.2, 0.25) is 0 Å². The molecule has 0 saturated carbocycles. The molecule has 0 spiro atoms. The second kappa shape index (κ2) is 5.51. The van der Waals surface area contributed by atoms with Crippen LogP contribution in [0.15, 0.2) is 30.3 Å². The average molecular weight is 206 g/mol. The van der Waals surface area contributed by atoms with E-state index in [0.717, 1.165) is 5.56 Å². The maximum absolute atomic E-state index is 11.3. The number of nitrogens with one attached hydrogen (secondary N) is 1. The summed E-state index contributed by atoms with van der Waals surface area (Å²) in [6, 6.07) is 8.69. The average Bonchev–Trinajstić information content (AvgIpc) is 2.26. The van der Waals surface area contributed by atoms with Crippen molar-refractivity contribution in [1.29, 1.82) is 0 Å². The van der Waals surface area contributed by atoms with Gasteiger partial charge in [0.15, 0.2) is 0 Å². The van der Waals surface area contributed by atoms with Crippen molar-refractivity contribution in [1.82, 2.24) is 5.73 Å². The van der Waals surface area contributed by atoms with Gasteiger partial charge in [-0.05, 0) is 11.5 Å². The van der Waals surface area contributed by atoms with Crippen LogP contribution in [0, 0.1) is 5.92 Å². The molecule has 3 heteroatoms. The molecule has 0 aliphatic heterocycles. The van der Waals surface area contributed by atoms with Gasteiger partial charge in [0.1, 0.15) is 12.6 Å². The number of carbonyl (C=O) groups excluding carboxylic acids is 1. The van der Waals surface area contributed by atoms with Crippen LogP contribution in [0.5, 0.6) is 0 Å². The van der Waals surface area contributed by atoms with Gasteiger partial charge in [-0.15, -0.1) is 0 Å². The third-order valence-electron chi connectivity index (χ3n) is 2.14.